The molecule has 2 saturated carbocycles. The van der Waals surface area contributed by atoms with Crippen LogP contribution in [0.25, 0.3) is 5.65 Å². The summed E-state index contributed by atoms with van der Waals surface area (Å²) in [5.41, 5.74) is 2.39. The molecule has 0 bridgehead atoms. The van der Waals surface area contributed by atoms with Crippen molar-refractivity contribution in [1.29, 1.82) is 0 Å². The second kappa shape index (κ2) is 10.1. The summed E-state index contributed by atoms with van der Waals surface area (Å²) in [7, 11) is 0. The van der Waals surface area contributed by atoms with E-state index in [1.165, 1.54) is 0 Å². The molecule has 3 amide bonds. The van der Waals surface area contributed by atoms with Crippen LogP contribution in [0.5, 0.6) is 0 Å². The van der Waals surface area contributed by atoms with E-state index < -0.39 is 17.9 Å². The number of hydrogen-bond donors (Lipinski definition) is 2. The lowest BCUT2D eigenvalue weighted by Gasteiger charge is -2.33. The summed E-state index contributed by atoms with van der Waals surface area (Å²) in [5.74, 6) is -2.76. The van der Waals surface area contributed by atoms with Crippen LogP contribution in [0.15, 0.2) is 23.1 Å². The molecule has 2 aliphatic carbocycles. The van der Waals surface area contributed by atoms with Gasteiger partial charge in [0.1, 0.15) is 5.69 Å². The molecule has 11 nitrogen and oxygen atoms in total. The highest BCUT2D eigenvalue weighted by Crippen LogP contribution is 2.46. The Labute approximate surface area is 230 Å². The van der Waals surface area contributed by atoms with Crippen LogP contribution in [0.4, 0.5) is 13.6 Å². The zero-order valence-corrected chi connectivity index (χ0v) is 22.8. The van der Waals surface area contributed by atoms with Crippen molar-refractivity contribution in [1.82, 2.24) is 40.4 Å². The number of aromatic nitrogens is 5. The number of aryl methyl sites for hydroxylation is 1. The minimum atomic E-state index is -2.71. The number of amides is 3. The molecular formula is C27H34F2N8O3. The minimum absolute atomic E-state index is 0.0474. The van der Waals surface area contributed by atoms with E-state index >= 15 is 0 Å². The Morgan fingerprint density at radius 1 is 1.18 bits per heavy atom. The molecule has 40 heavy (non-hydrogen) atoms. The van der Waals surface area contributed by atoms with Crippen LogP contribution in [0, 0.1) is 24.7 Å². The van der Waals surface area contributed by atoms with Gasteiger partial charge in [-0.15, -0.1) is 0 Å². The van der Waals surface area contributed by atoms with Crippen molar-refractivity contribution < 1.29 is 23.0 Å². The molecule has 3 fully saturated rings. The molecule has 6 rings (SSSR count). The molecule has 3 atom stereocenters. The number of rotatable bonds is 8. The van der Waals surface area contributed by atoms with Gasteiger partial charge >= 0.3 is 6.03 Å². The van der Waals surface area contributed by atoms with Crippen molar-refractivity contribution in [3.63, 3.8) is 0 Å². The summed E-state index contributed by atoms with van der Waals surface area (Å²) in [6.45, 7) is 6.45. The Kier molecular flexibility index (Phi) is 6.70. The largest absolute Gasteiger partial charge is 0.342 e. The standard InChI is InChI=1S/C27H34F2N8O3/c1-14(2)19-12-36(26(39)32-19)24(17-4-5-17)18-10-21-31-20(13-37(21)30-11-18)23(16-6-8-27(28,29)9-7-16)33-25(38)22-15(3)34-40-35-22/h10-11,13-14,16-17,19,23-24H,4-9,12H2,1-3H3,(H,32,39)(H,33,38). The predicted molar refractivity (Wildman–Crippen MR) is 138 cm³/mol. The fourth-order valence-corrected chi connectivity index (χ4v) is 6.02. The molecule has 3 unspecified atom stereocenters. The second-order valence-corrected chi connectivity index (χ2v) is 11.8. The molecule has 3 aliphatic rings. The minimum Gasteiger partial charge on any atom is -0.342 e. The van der Waals surface area contributed by atoms with Gasteiger partial charge in [0.05, 0.1) is 36.2 Å². The van der Waals surface area contributed by atoms with Crippen LogP contribution in [0.2, 0.25) is 0 Å². The highest BCUT2D eigenvalue weighted by molar-refractivity contribution is 5.93. The van der Waals surface area contributed by atoms with Crippen molar-refractivity contribution in [2.24, 2.45) is 17.8 Å². The number of nitrogens with zero attached hydrogens (tertiary/aromatic N) is 6. The van der Waals surface area contributed by atoms with Gasteiger partial charge in [0, 0.05) is 19.4 Å². The van der Waals surface area contributed by atoms with Crippen LogP contribution in [0.3, 0.4) is 0 Å². The van der Waals surface area contributed by atoms with Crippen molar-refractivity contribution in [2.75, 3.05) is 6.54 Å². The number of fused-ring (bicyclic) bond motifs is 1. The number of halogens is 2. The lowest BCUT2D eigenvalue weighted by molar-refractivity contribution is -0.0495. The van der Waals surface area contributed by atoms with Crippen molar-refractivity contribution >= 4 is 17.6 Å². The Morgan fingerprint density at radius 3 is 2.55 bits per heavy atom. The molecule has 3 aromatic heterocycles. The fourth-order valence-electron chi connectivity index (χ4n) is 6.02. The third-order valence-corrected chi connectivity index (χ3v) is 8.58. The Hall–Kier alpha value is -3.64. The summed E-state index contributed by atoms with van der Waals surface area (Å²) in [6, 6.07) is 1.25. The first-order valence-electron chi connectivity index (χ1n) is 14.0. The number of carbonyl (C=O) groups is 2. The monoisotopic (exact) mass is 556 g/mol. The van der Waals surface area contributed by atoms with Crippen LogP contribution < -0.4 is 10.6 Å². The summed E-state index contributed by atoms with van der Waals surface area (Å²) >= 11 is 0. The maximum absolute atomic E-state index is 14.0. The average Bonchev–Trinajstić information content (AvgIpc) is 3.30. The lowest BCUT2D eigenvalue weighted by atomic mass is 9.81. The van der Waals surface area contributed by atoms with Crippen LogP contribution in [-0.4, -0.2) is 60.3 Å². The van der Waals surface area contributed by atoms with E-state index in [2.05, 4.69) is 44.5 Å². The first kappa shape index (κ1) is 26.6. The average molecular weight is 557 g/mol. The topological polar surface area (TPSA) is 131 Å². The van der Waals surface area contributed by atoms with Gasteiger partial charge in [-0.2, -0.15) is 5.10 Å². The molecule has 1 saturated heterocycles. The zero-order chi connectivity index (χ0) is 28.2. The maximum Gasteiger partial charge on any atom is 0.318 e. The molecule has 214 valence electrons. The number of imidazole rings is 1. The molecular weight excluding hydrogens is 522 g/mol. The normalized spacial score (nSPS) is 23.0. The van der Waals surface area contributed by atoms with Gasteiger partial charge in [-0.3, -0.25) is 4.79 Å². The maximum atomic E-state index is 14.0. The molecule has 0 spiro atoms. The van der Waals surface area contributed by atoms with Gasteiger partial charge < -0.3 is 15.5 Å². The summed E-state index contributed by atoms with van der Waals surface area (Å²) < 4.78 is 34.3. The van der Waals surface area contributed by atoms with Gasteiger partial charge in [0.15, 0.2) is 11.3 Å². The molecule has 13 heteroatoms. The third-order valence-electron chi connectivity index (χ3n) is 8.58. The van der Waals surface area contributed by atoms with Gasteiger partial charge in [0.2, 0.25) is 5.92 Å². The fraction of sp³-hybridized carbons (Fsp3) is 0.630. The quantitative estimate of drug-likeness (QED) is 0.425. The van der Waals surface area contributed by atoms with E-state index in [-0.39, 0.29) is 55.4 Å². The first-order valence-corrected chi connectivity index (χ1v) is 14.0. The molecule has 2 N–H and O–H groups in total. The van der Waals surface area contributed by atoms with Crippen LogP contribution in [-0.2, 0) is 0 Å². The third kappa shape index (κ3) is 5.13. The number of nitrogens with one attached hydrogen (secondary N) is 2. The van der Waals surface area contributed by atoms with Gasteiger partial charge in [-0.05, 0) is 67.1 Å². The van der Waals surface area contributed by atoms with E-state index in [9.17, 15) is 18.4 Å². The predicted octanol–water partition coefficient (Wildman–Crippen LogP) is 4.22. The Balaban J connectivity index is 1.30. The van der Waals surface area contributed by atoms with Gasteiger partial charge in [-0.25, -0.2) is 27.7 Å². The SMILES string of the molecule is Cc1nonc1C(=O)NC(c1cn2ncc(C(C3CC3)N3CC(C(C)C)NC3=O)cc2n1)C1CCC(F)(F)CC1. The highest BCUT2D eigenvalue weighted by Gasteiger charge is 2.44. The summed E-state index contributed by atoms with van der Waals surface area (Å²) in [5, 5.41) is 18.0. The van der Waals surface area contributed by atoms with E-state index in [1.807, 2.05) is 11.0 Å². The smallest absolute Gasteiger partial charge is 0.318 e. The zero-order valence-electron chi connectivity index (χ0n) is 22.8. The van der Waals surface area contributed by atoms with E-state index in [0.29, 0.717) is 35.4 Å². The number of alkyl halides is 2. The van der Waals surface area contributed by atoms with Gasteiger partial charge in [-0.1, -0.05) is 19.0 Å². The molecule has 3 aromatic rings. The second-order valence-electron chi connectivity index (χ2n) is 11.8. The number of urea groups is 1. The van der Waals surface area contributed by atoms with E-state index in [4.69, 9.17) is 4.98 Å². The van der Waals surface area contributed by atoms with Crippen LogP contribution >= 0.6 is 0 Å². The van der Waals surface area contributed by atoms with E-state index in [0.717, 1.165) is 18.4 Å². The number of carbonyl (C=O) groups excluding carboxylic acids is 2. The van der Waals surface area contributed by atoms with Crippen molar-refractivity contribution in [3.05, 3.63) is 41.1 Å². The highest BCUT2D eigenvalue weighted by atomic mass is 19.3. The Bertz CT molecular complexity index is 1410. The number of hydrogen-bond acceptors (Lipinski definition) is 7. The Morgan fingerprint density at radius 2 is 1.93 bits per heavy atom. The molecule has 1 aliphatic heterocycles. The molecule has 4 heterocycles. The van der Waals surface area contributed by atoms with Gasteiger partial charge in [0.25, 0.3) is 5.91 Å². The van der Waals surface area contributed by atoms with Crippen molar-refractivity contribution in [2.45, 2.75) is 83.3 Å². The molecule has 0 radical (unpaired) electrons. The lowest BCUT2D eigenvalue weighted by Crippen LogP contribution is -2.37. The van der Waals surface area contributed by atoms with Crippen molar-refractivity contribution in [3.8, 4) is 0 Å². The van der Waals surface area contributed by atoms with Crippen LogP contribution in [0.1, 0.15) is 91.9 Å². The van der Waals surface area contributed by atoms with E-state index in [1.54, 1.807) is 23.8 Å². The molecule has 0 aromatic carbocycles. The summed E-state index contributed by atoms with van der Waals surface area (Å²) in [4.78, 5) is 32.7. The summed E-state index contributed by atoms with van der Waals surface area (Å²) in [6.07, 6.45) is 5.58. The first-order chi connectivity index (χ1) is 19.1.